The van der Waals surface area contributed by atoms with Crippen LogP contribution in [0.5, 0.6) is 11.5 Å². The van der Waals surface area contributed by atoms with E-state index in [0.717, 1.165) is 27.8 Å². The summed E-state index contributed by atoms with van der Waals surface area (Å²) in [5.74, 6) is 0.406. The molecule has 2 aromatic carbocycles. The lowest BCUT2D eigenvalue weighted by Gasteiger charge is -2.17. The lowest BCUT2D eigenvalue weighted by Crippen LogP contribution is -2.38. The van der Waals surface area contributed by atoms with Crippen molar-refractivity contribution in [1.29, 1.82) is 0 Å². The lowest BCUT2D eigenvalue weighted by molar-refractivity contribution is -0.125. The zero-order chi connectivity index (χ0) is 23.8. The number of carbonyl (C=O) groups is 3. The van der Waals surface area contributed by atoms with Crippen molar-refractivity contribution in [2.75, 3.05) is 26.8 Å². The minimum absolute atomic E-state index is 0.117. The van der Waals surface area contributed by atoms with E-state index in [1.807, 2.05) is 44.2 Å². The van der Waals surface area contributed by atoms with Gasteiger partial charge in [0.1, 0.15) is 0 Å². The number of hydrogen-bond acceptors (Lipinski definition) is 6. The van der Waals surface area contributed by atoms with E-state index < -0.39 is 0 Å². The molecule has 0 aromatic heterocycles. The predicted molar refractivity (Wildman–Crippen MR) is 129 cm³/mol. The Morgan fingerprint density at radius 3 is 2.55 bits per heavy atom. The minimum Gasteiger partial charge on any atom is -0.493 e. The van der Waals surface area contributed by atoms with Crippen LogP contribution >= 0.6 is 11.8 Å². The quantitative estimate of drug-likeness (QED) is 0.519. The molecule has 1 unspecified atom stereocenters. The van der Waals surface area contributed by atoms with Crippen LogP contribution in [0, 0.1) is 0 Å². The number of benzene rings is 2. The first-order valence-corrected chi connectivity index (χ1v) is 11.7. The fraction of sp³-hybridized carbons (Fsp3) is 0.320. The van der Waals surface area contributed by atoms with Gasteiger partial charge in [0, 0.05) is 13.1 Å². The molecule has 0 bridgehead atoms. The summed E-state index contributed by atoms with van der Waals surface area (Å²) in [6.07, 6.45) is 2.32. The number of amides is 3. The average Bonchev–Trinajstić information content (AvgIpc) is 3.08. The second-order valence-corrected chi connectivity index (χ2v) is 8.33. The van der Waals surface area contributed by atoms with E-state index in [1.54, 1.807) is 31.4 Å². The number of nitrogens with zero attached hydrogens (tertiary/aromatic N) is 1. The molecule has 0 aliphatic carbocycles. The first kappa shape index (κ1) is 24.4. The number of nitrogens with one attached hydrogen (secondary N) is 1. The number of ether oxygens (including phenoxy) is 2. The van der Waals surface area contributed by atoms with Crippen LogP contribution in [0.2, 0.25) is 0 Å². The van der Waals surface area contributed by atoms with Crippen molar-refractivity contribution < 1.29 is 23.9 Å². The van der Waals surface area contributed by atoms with Crippen molar-refractivity contribution in [3.05, 3.63) is 64.6 Å². The largest absolute Gasteiger partial charge is 0.493 e. The van der Waals surface area contributed by atoms with Crippen LogP contribution in [-0.2, 0) is 9.59 Å². The van der Waals surface area contributed by atoms with Crippen LogP contribution in [0.4, 0.5) is 4.79 Å². The van der Waals surface area contributed by atoms with Crippen molar-refractivity contribution in [1.82, 2.24) is 10.2 Å². The molecule has 3 amide bonds. The third-order valence-corrected chi connectivity index (χ3v) is 6.13. The molecule has 174 valence electrons. The first-order valence-electron chi connectivity index (χ1n) is 10.9. The van der Waals surface area contributed by atoms with E-state index >= 15 is 0 Å². The van der Waals surface area contributed by atoms with Crippen LogP contribution in [0.1, 0.15) is 37.3 Å². The Labute approximate surface area is 198 Å². The van der Waals surface area contributed by atoms with E-state index in [4.69, 9.17) is 9.47 Å². The Hall–Kier alpha value is -3.26. The number of methoxy groups -OCH3 is 1. The number of carbonyl (C=O) groups excluding carboxylic acids is 3. The highest BCUT2D eigenvalue weighted by Crippen LogP contribution is 2.34. The van der Waals surface area contributed by atoms with Gasteiger partial charge >= 0.3 is 0 Å². The zero-order valence-electron chi connectivity index (χ0n) is 19.0. The summed E-state index contributed by atoms with van der Waals surface area (Å²) in [6, 6.07) is 14.9. The van der Waals surface area contributed by atoms with Crippen molar-refractivity contribution in [3.8, 4) is 11.5 Å². The second kappa shape index (κ2) is 11.6. The van der Waals surface area contributed by atoms with Crippen molar-refractivity contribution >= 4 is 34.9 Å². The third kappa shape index (κ3) is 5.96. The summed E-state index contributed by atoms with van der Waals surface area (Å²) in [7, 11) is 1.55. The Morgan fingerprint density at radius 2 is 1.88 bits per heavy atom. The highest BCUT2D eigenvalue weighted by molar-refractivity contribution is 8.18. The molecule has 3 rings (SSSR count). The van der Waals surface area contributed by atoms with Gasteiger partial charge in [0.05, 0.1) is 24.5 Å². The molecule has 1 aliphatic heterocycles. The van der Waals surface area contributed by atoms with Gasteiger partial charge in [-0.2, -0.15) is 0 Å². The van der Waals surface area contributed by atoms with Crippen LogP contribution in [0.3, 0.4) is 0 Å². The van der Waals surface area contributed by atoms with Gasteiger partial charge in [0.2, 0.25) is 5.91 Å². The molecule has 1 fully saturated rings. The van der Waals surface area contributed by atoms with Crippen LogP contribution in [0.15, 0.2) is 53.4 Å². The van der Waals surface area contributed by atoms with Gasteiger partial charge in [-0.1, -0.05) is 43.3 Å². The molecular weight excluding hydrogens is 440 g/mol. The third-order valence-electron chi connectivity index (χ3n) is 5.22. The fourth-order valence-corrected chi connectivity index (χ4v) is 4.43. The molecule has 1 saturated heterocycles. The summed E-state index contributed by atoms with van der Waals surface area (Å²) in [5, 5.41) is 2.50. The summed E-state index contributed by atoms with van der Waals surface area (Å²) >= 11 is 0.885. The number of thioether (sulfide) groups is 1. The van der Waals surface area contributed by atoms with E-state index in [2.05, 4.69) is 5.32 Å². The molecule has 7 nitrogen and oxygen atoms in total. The summed E-state index contributed by atoms with van der Waals surface area (Å²) < 4.78 is 10.9. The molecule has 33 heavy (non-hydrogen) atoms. The Kier molecular flexibility index (Phi) is 8.54. The van der Waals surface area contributed by atoms with E-state index in [1.165, 1.54) is 0 Å². The topological polar surface area (TPSA) is 84.9 Å². The number of imide groups is 1. The summed E-state index contributed by atoms with van der Waals surface area (Å²) in [5.41, 5.74) is 1.67. The molecule has 0 spiro atoms. The van der Waals surface area contributed by atoms with Crippen molar-refractivity contribution in [3.63, 3.8) is 0 Å². The molecular formula is C25H28N2O5S. The summed E-state index contributed by atoms with van der Waals surface area (Å²) in [4.78, 5) is 39.3. The summed E-state index contributed by atoms with van der Waals surface area (Å²) in [6.45, 7) is 4.66. The van der Waals surface area contributed by atoms with Gasteiger partial charge in [-0.3, -0.25) is 19.3 Å². The van der Waals surface area contributed by atoms with E-state index in [-0.39, 0.29) is 36.1 Å². The van der Waals surface area contributed by atoms with Gasteiger partial charge in [-0.15, -0.1) is 0 Å². The average molecular weight is 469 g/mol. The molecule has 1 aliphatic rings. The first-order chi connectivity index (χ1) is 16.0. The Morgan fingerprint density at radius 1 is 1.12 bits per heavy atom. The van der Waals surface area contributed by atoms with Gasteiger partial charge in [-0.25, -0.2) is 0 Å². The molecule has 1 N–H and O–H groups in total. The minimum atomic E-state index is -0.373. The Balaban J connectivity index is 1.62. The van der Waals surface area contributed by atoms with Gasteiger partial charge < -0.3 is 14.8 Å². The molecule has 2 aromatic rings. The van der Waals surface area contributed by atoms with E-state index in [9.17, 15) is 14.4 Å². The zero-order valence-corrected chi connectivity index (χ0v) is 19.8. The van der Waals surface area contributed by atoms with Crippen LogP contribution in [0.25, 0.3) is 6.08 Å². The van der Waals surface area contributed by atoms with Gasteiger partial charge in [0.15, 0.2) is 11.5 Å². The maximum Gasteiger partial charge on any atom is 0.293 e. The second-order valence-electron chi connectivity index (χ2n) is 7.34. The van der Waals surface area contributed by atoms with E-state index in [0.29, 0.717) is 29.4 Å². The lowest BCUT2D eigenvalue weighted by atomic mass is 9.96. The molecule has 0 saturated carbocycles. The van der Waals surface area contributed by atoms with Crippen molar-refractivity contribution in [2.24, 2.45) is 0 Å². The van der Waals surface area contributed by atoms with Gasteiger partial charge in [-0.05, 0) is 54.4 Å². The highest BCUT2D eigenvalue weighted by atomic mass is 32.2. The SMILES string of the molecule is CCOc1ccc(/C=C2\SC(=O)N(CCNC(=O)C(CC)c3ccccc3)C2=O)cc1OC. The molecule has 8 heteroatoms. The Bertz CT molecular complexity index is 1040. The van der Waals surface area contributed by atoms with Crippen LogP contribution < -0.4 is 14.8 Å². The monoisotopic (exact) mass is 468 g/mol. The van der Waals surface area contributed by atoms with Crippen molar-refractivity contribution in [2.45, 2.75) is 26.2 Å². The fourth-order valence-electron chi connectivity index (χ4n) is 3.56. The molecule has 1 atom stereocenters. The smallest absolute Gasteiger partial charge is 0.293 e. The van der Waals surface area contributed by atoms with Crippen LogP contribution in [-0.4, -0.2) is 48.8 Å². The predicted octanol–water partition coefficient (Wildman–Crippen LogP) is 4.44. The highest BCUT2D eigenvalue weighted by Gasteiger charge is 2.34. The molecule has 1 heterocycles. The maximum atomic E-state index is 12.8. The number of rotatable bonds is 10. The molecule has 0 radical (unpaired) electrons. The number of hydrogen-bond donors (Lipinski definition) is 1. The maximum absolute atomic E-state index is 12.8. The standard InChI is InChI=1S/C25H28N2O5S/c1-4-19(18-9-7-6-8-10-18)23(28)26-13-14-27-24(29)22(33-25(27)30)16-17-11-12-20(32-5-2)21(15-17)31-3/h6-12,15-16,19H,4-5,13-14H2,1-3H3,(H,26,28)/b22-16-. The van der Waals surface area contributed by atoms with Gasteiger partial charge in [0.25, 0.3) is 11.1 Å². The normalized spacial score (nSPS) is 15.6.